The Labute approximate surface area is 128 Å². The highest BCUT2D eigenvalue weighted by Crippen LogP contribution is 2.21. The van der Waals surface area contributed by atoms with Gasteiger partial charge in [-0.15, -0.1) is 11.3 Å². The number of fused-ring (bicyclic) bond motifs is 1. The van der Waals surface area contributed by atoms with Crippen LogP contribution in [-0.2, 0) is 4.79 Å². The van der Waals surface area contributed by atoms with Crippen molar-refractivity contribution in [1.29, 1.82) is 0 Å². The van der Waals surface area contributed by atoms with E-state index < -0.39 is 0 Å². The molecule has 0 spiro atoms. The number of carbonyl (C=O) groups excluding carboxylic acids is 1. The first-order chi connectivity index (χ1) is 10.2. The molecule has 0 atom stereocenters. The zero-order chi connectivity index (χ0) is 14.7. The molecule has 1 aromatic carbocycles. The van der Waals surface area contributed by atoms with Crippen LogP contribution < -0.4 is 10.6 Å². The molecule has 1 saturated heterocycles. The summed E-state index contributed by atoms with van der Waals surface area (Å²) >= 11 is 1.61. The summed E-state index contributed by atoms with van der Waals surface area (Å²) in [6.45, 7) is 2.51. The van der Waals surface area contributed by atoms with Crippen LogP contribution in [0.2, 0.25) is 0 Å². The Balaban J connectivity index is 1.57. The van der Waals surface area contributed by atoms with Gasteiger partial charge in [0.1, 0.15) is 0 Å². The molecular formula is C15H20N4OS. The van der Waals surface area contributed by atoms with Gasteiger partial charge in [0, 0.05) is 11.7 Å². The van der Waals surface area contributed by atoms with Gasteiger partial charge in [-0.1, -0.05) is 0 Å². The second-order valence-corrected chi connectivity index (χ2v) is 6.37. The Morgan fingerprint density at radius 1 is 1.48 bits per heavy atom. The molecule has 112 valence electrons. The lowest BCUT2D eigenvalue weighted by atomic mass is 10.1. The maximum Gasteiger partial charge on any atom is 0.238 e. The first kappa shape index (κ1) is 14.4. The third-order valence-corrected chi connectivity index (χ3v) is 4.75. The SMILES string of the molecule is CN(CC(=O)Nc1ccc2scnc2c1)C1CCNCC1. The maximum atomic E-state index is 12.2. The minimum absolute atomic E-state index is 0.0330. The fourth-order valence-corrected chi connectivity index (χ4v) is 3.40. The van der Waals surface area contributed by atoms with Crippen LogP contribution in [0.25, 0.3) is 10.2 Å². The number of piperidine rings is 1. The molecule has 0 aliphatic carbocycles. The highest BCUT2D eigenvalue weighted by molar-refractivity contribution is 7.16. The van der Waals surface area contributed by atoms with Crippen molar-refractivity contribution in [3.8, 4) is 0 Å². The second kappa shape index (κ2) is 6.51. The summed E-state index contributed by atoms with van der Waals surface area (Å²) in [6, 6.07) is 6.36. The Hall–Kier alpha value is -1.50. The van der Waals surface area contributed by atoms with E-state index >= 15 is 0 Å². The molecule has 6 heteroatoms. The molecule has 2 heterocycles. The van der Waals surface area contributed by atoms with Gasteiger partial charge in [-0.2, -0.15) is 0 Å². The van der Waals surface area contributed by atoms with Crippen LogP contribution in [0, 0.1) is 0 Å². The number of hydrogen-bond donors (Lipinski definition) is 2. The molecule has 1 aromatic heterocycles. The van der Waals surface area contributed by atoms with E-state index in [1.165, 1.54) is 0 Å². The number of amides is 1. The monoisotopic (exact) mass is 304 g/mol. The van der Waals surface area contributed by atoms with Gasteiger partial charge in [-0.3, -0.25) is 9.69 Å². The number of thiazole rings is 1. The Bertz CT molecular complexity index is 621. The van der Waals surface area contributed by atoms with E-state index in [4.69, 9.17) is 0 Å². The van der Waals surface area contributed by atoms with Gasteiger partial charge in [0.25, 0.3) is 0 Å². The Morgan fingerprint density at radius 2 is 2.29 bits per heavy atom. The molecule has 0 unspecified atom stereocenters. The van der Waals surface area contributed by atoms with Crippen molar-refractivity contribution in [3.63, 3.8) is 0 Å². The number of rotatable bonds is 4. The van der Waals surface area contributed by atoms with Crippen molar-refractivity contribution < 1.29 is 4.79 Å². The van der Waals surface area contributed by atoms with Gasteiger partial charge in [0.15, 0.2) is 0 Å². The summed E-state index contributed by atoms with van der Waals surface area (Å²) in [6.07, 6.45) is 2.21. The minimum atomic E-state index is 0.0330. The number of hydrogen-bond acceptors (Lipinski definition) is 5. The normalized spacial score (nSPS) is 16.5. The maximum absolute atomic E-state index is 12.2. The zero-order valence-electron chi connectivity index (χ0n) is 12.1. The second-order valence-electron chi connectivity index (χ2n) is 5.48. The van der Waals surface area contributed by atoms with Crippen LogP contribution in [0.3, 0.4) is 0 Å². The lowest BCUT2D eigenvalue weighted by Crippen LogP contribution is -2.44. The topological polar surface area (TPSA) is 57.3 Å². The predicted molar refractivity (Wildman–Crippen MR) is 86.8 cm³/mol. The average Bonchev–Trinajstić information content (AvgIpc) is 2.95. The van der Waals surface area contributed by atoms with E-state index in [-0.39, 0.29) is 5.91 Å². The molecule has 1 aliphatic heterocycles. The quantitative estimate of drug-likeness (QED) is 0.906. The van der Waals surface area contributed by atoms with Crippen molar-refractivity contribution >= 4 is 33.1 Å². The van der Waals surface area contributed by atoms with Crippen LogP contribution in [0.15, 0.2) is 23.7 Å². The first-order valence-electron chi connectivity index (χ1n) is 7.26. The van der Waals surface area contributed by atoms with Gasteiger partial charge in [-0.25, -0.2) is 4.98 Å². The van der Waals surface area contributed by atoms with Crippen LogP contribution in [0.5, 0.6) is 0 Å². The predicted octanol–water partition coefficient (Wildman–Crippen LogP) is 1.92. The molecule has 1 aliphatic rings. The molecule has 21 heavy (non-hydrogen) atoms. The fourth-order valence-electron chi connectivity index (χ4n) is 2.74. The highest BCUT2D eigenvalue weighted by atomic mass is 32.1. The van der Waals surface area contributed by atoms with Gasteiger partial charge in [-0.05, 0) is 51.2 Å². The smallest absolute Gasteiger partial charge is 0.238 e. The number of aromatic nitrogens is 1. The average molecular weight is 304 g/mol. The fraction of sp³-hybridized carbons (Fsp3) is 0.467. The number of nitrogens with zero attached hydrogens (tertiary/aromatic N) is 2. The summed E-state index contributed by atoms with van der Waals surface area (Å²) in [7, 11) is 2.03. The lowest BCUT2D eigenvalue weighted by molar-refractivity contribution is -0.117. The largest absolute Gasteiger partial charge is 0.325 e. The van der Waals surface area contributed by atoms with Gasteiger partial charge >= 0.3 is 0 Å². The van der Waals surface area contributed by atoms with Crippen LogP contribution in [0.1, 0.15) is 12.8 Å². The summed E-state index contributed by atoms with van der Waals surface area (Å²) < 4.78 is 1.14. The van der Waals surface area contributed by atoms with Crippen molar-refractivity contribution in [1.82, 2.24) is 15.2 Å². The third kappa shape index (κ3) is 3.58. The van der Waals surface area contributed by atoms with E-state index in [9.17, 15) is 4.79 Å². The van der Waals surface area contributed by atoms with E-state index in [1.807, 2.05) is 30.8 Å². The molecule has 0 radical (unpaired) electrons. The van der Waals surface area contributed by atoms with Gasteiger partial charge < -0.3 is 10.6 Å². The zero-order valence-corrected chi connectivity index (χ0v) is 12.9. The lowest BCUT2D eigenvalue weighted by Gasteiger charge is -2.31. The number of anilines is 1. The van der Waals surface area contributed by atoms with Crippen LogP contribution in [0.4, 0.5) is 5.69 Å². The number of benzene rings is 1. The molecule has 2 aromatic rings. The molecular weight excluding hydrogens is 284 g/mol. The van der Waals surface area contributed by atoms with Crippen LogP contribution in [-0.4, -0.2) is 48.5 Å². The van der Waals surface area contributed by atoms with Crippen molar-refractivity contribution in [2.75, 3.05) is 32.0 Å². The minimum Gasteiger partial charge on any atom is -0.325 e. The standard InChI is InChI=1S/C15H20N4OS/c1-19(12-4-6-16-7-5-12)9-15(20)18-11-2-3-14-13(8-11)17-10-21-14/h2-3,8,10,12,16H,4-7,9H2,1H3,(H,18,20). The summed E-state index contributed by atoms with van der Waals surface area (Å²) in [5.41, 5.74) is 3.57. The molecule has 0 bridgehead atoms. The molecule has 1 amide bonds. The molecule has 0 saturated carbocycles. The summed E-state index contributed by atoms with van der Waals surface area (Å²) in [5.74, 6) is 0.0330. The molecule has 2 N–H and O–H groups in total. The van der Waals surface area contributed by atoms with E-state index in [0.29, 0.717) is 12.6 Å². The van der Waals surface area contributed by atoms with E-state index in [2.05, 4.69) is 20.5 Å². The van der Waals surface area contributed by atoms with E-state index in [0.717, 1.165) is 41.8 Å². The Morgan fingerprint density at radius 3 is 3.10 bits per heavy atom. The molecule has 5 nitrogen and oxygen atoms in total. The summed E-state index contributed by atoms with van der Waals surface area (Å²) in [5, 5.41) is 6.31. The Kier molecular flexibility index (Phi) is 4.48. The first-order valence-corrected chi connectivity index (χ1v) is 8.14. The molecule has 1 fully saturated rings. The number of nitrogens with one attached hydrogen (secondary N) is 2. The summed E-state index contributed by atoms with van der Waals surface area (Å²) in [4.78, 5) is 18.6. The van der Waals surface area contributed by atoms with Crippen LogP contribution >= 0.6 is 11.3 Å². The van der Waals surface area contributed by atoms with Gasteiger partial charge in [0.2, 0.25) is 5.91 Å². The van der Waals surface area contributed by atoms with E-state index in [1.54, 1.807) is 11.3 Å². The van der Waals surface area contributed by atoms with Gasteiger partial charge in [0.05, 0.1) is 22.3 Å². The molecule has 3 rings (SSSR count). The number of likely N-dealkylation sites (N-methyl/N-ethyl adjacent to an activating group) is 1. The van der Waals surface area contributed by atoms with Crippen molar-refractivity contribution in [3.05, 3.63) is 23.7 Å². The number of carbonyl (C=O) groups is 1. The highest BCUT2D eigenvalue weighted by Gasteiger charge is 2.19. The van der Waals surface area contributed by atoms with Crippen molar-refractivity contribution in [2.45, 2.75) is 18.9 Å². The van der Waals surface area contributed by atoms with Crippen molar-refractivity contribution in [2.24, 2.45) is 0 Å². The third-order valence-electron chi connectivity index (χ3n) is 3.94.